The van der Waals surface area contributed by atoms with E-state index >= 15 is 0 Å². The minimum Gasteiger partial charge on any atom is -0.463 e. The third-order valence-corrected chi connectivity index (χ3v) is 7.08. The van der Waals surface area contributed by atoms with E-state index in [0.29, 0.717) is 26.1 Å². The number of hydrogen-bond donors (Lipinski definition) is 1. The van der Waals surface area contributed by atoms with Crippen molar-refractivity contribution in [3.8, 4) is 12.3 Å². The van der Waals surface area contributed by atoms with Gasteiger partial charge >= 0.3 is 12.1 Å². The first-order valence-corrected chi connectivity index (χ1v) is 13.7. The van der Waals surface area contributed by atoms with Gasteiger partial charge in [-0.05, 0) is 30.4 Å². The molecule has 230 valence electrons. The Bertz CT molecular complexity index is 1090. The third kappa shape index (κ3) is 10.2. The van der Waals surface area contributed by atoms with Crippen molar-refractivity contribution in [2.24, 2.45) is 17.0 Å². The zero-order chi connectivity index (χ0) is 31.1. The highest BCUT2D eigenvalue weighted by molar-refractivity contribution is 5.65. The number of carbonyl (C=O) groups excluding carboxylic acids is 3. The van der Waals surface area contributed by atoms with Gasteiger partial charge in [0.1, 0.15) is 18.8 Å². The van der Waals surface area contributed by atoms with Crippen molar-refractivity contribution in [1.82, 2.24) is 0 Å². The Hall–Kier alpha value is -3.30. The molecule has 1 aromatic rings. The molecule has 2 aliphatic rings. The molecule has 0 bridgehead atoms. The molecule has 42 heavy (non-hydrogen) atoms. The molecular weight excluding hydrogens is 550 g/mol. The quantitative estimate of drug-likeness (QED) is 0.0952. The largest absolute Gasteiger partial charge is 0.463 e. The van der Waals surface area contributed by atoms with Crippen LogP contribution in [-0.4, -0.2) is 79.6 Å². The van der Waals surface area contributed by atoms with Crippen LogP contribution in [0.25, 0.3) is 10.4 Å². The van der Waals surface area contributed by atoms with Gasteiger partial charge in [0.05, 0.1) is 37.6 Å². The van der Waals surface area contributed by atoms with Crippen LogP contribution in [0.2, 0.25) is 0 Å². The van der Waals surface area contributed by atoms with E-state index in [1.165, 1.54) is 6.92 Å². The van der Waals surface area contributed by atoms with Gasteiger partial charge < -0.3 is 33.5 Å². The molecule has 13 nitrogen and oxygen atoms in total. The fourth-order valence-electron chi connectivity index (χ4n) is 4.86. The first-order valence-electron chi connectivity index (χ1n) is 13.7. The van der Waals surface area contributed by atoms with Gasteiger partial charge in [-0.25, -0.2) is 0 Å². The van der Waals surface area contributed by atoms with Gasteiger partial charge in [-0.15, -0.1) is 12.3 Å². The highest BCUT2D eigenvalue weighted by Crippen LogP contribution is 2.36. The van der Waals surface area contributed by atoms with Gasteiger partial charge in [0.25, 0.3) is 0 Å². The molecule has 0 aromatic heterocycles. The van der Waals surface area contributed by atoms with Crippen molar-refractivity contribution in [3.05, 3.63) is 46.3 Å². The van der Waals surface area contributed by atoms with Crippen molar-refractivity contribution in [1.29, 1.82) is 0 Å². The molecule has 0 aliphatic carbocycles. The highest BCUT2D eigenvalue weighted by atomic mass is 16.7. The van der Waals surface area contributed by atoms with E-state index in [0.717, 1.165) is 5.56 Å². The summed E-state index contributed by atoms with van der Waals surface area (Å²) >= 11 is 0. The number of benzene rings is 1. The second-order valence-corrected chi connectivity index (χ2v) is 10.1. The van der Waals surface area contributed by atoms with Crippen LogP contribution in [0.3, 0.4) is 0 Å². The lowest BCUT2D eigenvalue weighted by Gasteiger charge is -2.48. The van der Waals surface area contributed by atoms with Gasteiger partial charge in [0.15, 0.2) is 12.6 Å². The number of hydrogen-bond acceptors (Lipinski definition) is 11. The van der Waals surface area contributed by atoms with Gasteiger partial charge in [0.2, 0.25) is 0 Å². The first-order chi connectivity index (χ1) is 20.2. The number of ether oxygens (including phenoxy) is 6. The summed E-state index contributed by atoms with van der Waals surface area (Å²) in [6, 6.07) is 8.97. The maximum atomic E-state index is 11.6. The predicted octanol–water partition coefficient (Wildman–Crippen LogP) is 3.15. The summed E-state index contributed by atoms with van der Waals surface area (Å²) < 4.78 is 36.0. The number of terminal acetylenes is 1. The number of carbonyl (C=O) groups is 1. The Morgan fingerprint density at radius 3 is 2.40 bits per heavy atom. The standard InChI is InChI=1S/C28H39N3O8.CO2/c1-6-7-11-14-34-28-23(30-31-29)17(2)25(22(38-28)16-35-20(5)32)39-27-18(3)26(24(33)19(4)37-27)36-15-21-12-9-8-10-13-21;2-1-3/h1,8-10,12-13,17-19,22-28,33H,7,11,14-16H2,2-5H3;/t17-,18?,19?,22?,23?,24-,25+,26+,27+,28?;/m1./s1. The van der Waals surface area contributed by atoms with E-state index in [2.05, 4.69) is 15.9 Å². The maximum Gasteiger partial charge on any atom is 0.373 e. The van der Waals surface area contributed by atoms with Crippen LogP contribution in [0.1, 0.15) is 46.1 Å². The topological polar surface area (TPSA) is 176 Å². The molecular formula is C29H39N3O10. The normalized spacial score (nSPS) is 32.2. The summed E-state index contributed by atoms with van der Waals surface area (Å²) in [5, 5.41) is 14.8. The van der Waals surface area contributed by atoms with E-state index in [-0.39, 0.29) is 18.7 Å². The molecule has 0 saturated carbocycles. The lowest BCUT2D eigenvalue weighted by molar-refractivity contribution is -0.330. The molecule has 3 rings (SSSR count). The second kappa shape index (κ2) is 18.3. The third-order valence-electron chi connectivity index (χ3n) is 7.08. The fraction of sp³-hybridized carbons (Fsp3) is 0.655. The van der Waals surface area contributed by atoms with E-state index in [1.54, 1.807) is 6.92 Å². The predicted molar refractivity (Wildman–Crippen MR) is 146 cm³/mol. The Labute approximate surface area is 245 Å². The Kier molecular flexibility index (Phi) is 15.2. The number of unbranched alkanes of at least 4 members (excludes halogenated alkanes) is 1. The number of azide groups is 1. The van der Waals surface area contributed by atoms with Gasteiger partial charge in [-0.2, -0.15) is 9.59 Å². The number of nitrogens with zero attached hydrogens (tertiary/aromatic N) is 3. The smallest absolute Gasteiger partial charge is 0.373 e. The average Bonchev–Trinajstić information content (AvgIpc) is 2.97. The van der Waals surface area contributed by atoms with Crippen LogP contribution in [0.15, 0.2) is 35.4 Å². The molecule has 2 saturated heterocycles. The summed E-state index contributed by atoms with van der Waals surface area (Å²) in [6.45, 7) is 7.35. The van der Waals surface area contributed by atoms with Gasteiger partial charge in [-0.1, -0.05) is 49.3 Å². The summed E-state index contributed by atoms with van der Waals surface area (Å²) in [4.78, 5) is 30.9. The van der Waals surface area contributed by atoms with Crippen LogP contribution >= 0.6 is 0 Å². The summed E-state index contributed by atoms with van der Waals surface area (Å²) in [5.74, 6) is 1.33. The molecule has 0 radical (unpaired) electrons. The Balaban J connectivity index is 0.00000197. The van der Waals surface area contributed by atoms with Crippen molar-refractivity contribution < 1.29 is 47.9 Å². The van der Waals surface area contributed by atoms with Crippen molar-refractivity contribution in [2.75, 3.05) is 13.2 Å². The summed E-state index contributed by atoms with van der Waals surface area (Å²) in [6.07, 6.45) is 1.66. The van der Waals surface area contributed by atoms with Crippen LogP contribution in [-0.2, 0) is 49.4 Å². The SMILES string of the molecule is C#CCCCOC1OC(COC(C)=O)[C@@H](O[C@@H]2OC(C)[C@@H](O)[C@@H](OCc3ccccc3)C2C)[C@H](C)C1N=[N+]=[N-].O=C=O. The molecule has 13 heteroatoms. The molecule has 0 amide bonds. The van der Waals surface area contributed by atoms with Crippen LogP contribution in [0.4, 0.5) is 0 Å². The molecule has 1 N–H and O–H groups in total. The lowest BCUT2D eigenvalue weighted by Crippen LogP contribution is -2.60. The minimum atomic E-state index is -0.874. The van der Waals surface area contributed by atoms with Crippen LogP contribution in [0, 0.1) is 24.2 Å². The zero-order valence-electron chi connectivity index (χ0n) is 24.2. The monoisotopic (exact) mass is 589 g/mol. The number of aliphatic hydroxyl groups is 1. The van der Waals surface area contributed by atoms with Crippen molar-refractivity contribution >= 4 is 12.1 Å². The number of aliphatic hydroxyl groups excluding tert-OH is 1. The first kappa shape index (κ1) is 34.9. The van der Waals surface area contributed by atoms with E-state index in [1.807, 2.05) is 44.2 Å². The van der Waals surface area contributed by atoms with Gasteiger partial charge in [0, 0.05) is 24.2 Å². The number of esters is 1. The van der Waals surface area contributed by atoms with Crippen LogP contribution < -0.4 is 0 Å². The second-order valence-electron chi connectivity index (χ2n) is 10.1. The van der Waals surface area contributed by atoms with E-state index in [4.69, 9.17) is 44.4 Å². The average molecular weight is 590 g/mol. The Morgan fingerprint density at radius 1 is 1.10 bits per heavy atom. The van der Waals surface area contributed by atoms with E-state index < -0.39 is 61.0 Å². The Morgan fingerprint density at radius 2 is 1.79 bits per heavy atom. The zero-order valence-corrected chi connectivity index (χ0v) is 24.2. The minimum absolute atomic E-state index is 0.0925. The summed E-state index contributed by atoms with van der Waals surface area (Å²) in [5.41, 5.74) is 10.2. The molecule has 1 aromatic carbocycles. The molecule has 2 fully saturated rings. The molecule has 0 spiro atoms. The maximum absolute atomic E-state index is 11.6. The van der Waals surface area contributed by atoms with Crippen LogP contribution in [0.5, 0.6) is 0 Å². The summed E-state index contributed by atoms with van der Waals surface area (Å²) in [7, 11) is 0. The molecule has 2 heterocycles. The van der Waals surface area contributed by atoms with E-state index in [9.17, 15) is 15.4 Å². The molecule has 5 unspecified atom stereocenters. The number of rotatable bonds is 12. The fourth-order valence-corrected chi connectivity index (χ4v) is 4.86. The van der Waals surface area contributed by atoms with Crippen molar-refractivity contribution in [2.45, 2.75) is 96.3 Å². The van der Waals surface area contributed by atoms with Gasteiger partial charge in [-0.3, -0.25) is 4.79 Å². The molecule has 2 aliphatic heterocycles. The lowest BCUT2D eigenvalue weighted by atomic mass is 9.88. The molecule has 10 atom stereocenters. The van der Waals surface area contributed by atoms with Crippen molar-refractivity contribution in [3.63, 3.8) is 0 Å². The highest BCUT2D eigenvalue weighted by Gasteiger charge is 2.49.